The van der Waals surface area contributed by atoms with Gasteiger partial charge in [-0.2, -0.15) is 23.5 Å². The Hall–Kier alpha value is -3.55. The maximum absolute atomic E-state index is 13.5. The van der Waals surface area contributed by atoms with E-state index in [-0.39, 0.29) is 24.9 Å². The number of hydrogen-bond acceptors (Lipinski definition) is 5. The molecule has 0 saturated carbocycles. The van der Waals surface area contributed by atoms with Gasteiger partial charge >= 0.3 is 6.18 Å². The van der Waals surface area contributed by atoms with Crippen LogP contribution in [0.2, 0.25) is 0 Å². The smallest absolute Gasteiger partial charge is 0.370 e. The fraction of sp³-hybridized carbons (Fsp3) is 0.478. The number of nitriles is 1. The van der Waals surface area contributed by atoms with E-state index in [1.807, 2.05) is 0 Å². The van der Waals surface area contributed by atoms with E-state index in [1.165, 1.54) is 12.1 Å². The number of carbonyl (C=O) groups is 2. The summed E-state index contributed by atoms with van der Waals surface area (Å²) < 4.78 is 42.0. The van der Waals surface area contributed by atoms with Crippen LogP contribution in [0.1, 0.15) is 24.0 Å². The summed E-state index contributed by atoms with van der Waals surface area (Å²) in [5.74, 6) is -0.652. The molecule has 0 bridgehead atoms. The molecule has 2 aliphatic rings. The van der Waals surface area contributed by atoms with Crippen LogP contribution in [0.4, 0.5) is 18.9 Å². The Balaban J connectivity index is 1.54. The first-order chi connectivity index (χ1) is 16.2. The predicted octanol–water partition coefficient (Wildman–Crippen LogP) is 2.26. The van der Waals surface area contributed by atoms with Crippen LogP contribution >= 0.6 is 0 Å². The van der Waals surface area contributed by atoms with Gasteiger partial charge in [0.1, 0.15) is 6.54 Å². The second-order valence-electron chi connectivity index (χ2n) is 8.83. The van der Waals surface area contributed by atoms with Crippen molar-refractivity contribution in [3.8, 4) is 6.07 Å². The Kier molecular flexibility index (Phi) is 6.25. The zero-order valence-corrected chi connectivity index (χ0v) is 18.7. The number of nitrogens with one attached hydrogen (secondary N) is 1. The topological polar surface area (TPSA) is 94.3 Å². The standard InChI is InChI=1S/C23H25F3N6O2/c1-28-21(34)19-13-31(17-4-3-16(12-27)18(11-17)23(24,25)26)15-22(19)5-9-30(10-6-22)20(33)14-32-8-2-7-29-32/h2-4,7-8,11,19H,5-6,9-10,13-15H2,1H3,(H,28,34). The molecule has 1 aromatic carbocycles. The number of hydrogen-bond donors (Lipinski definition) is 1. The molecule has 1 unspecified atom stereocenters. The molecule has 3 heterocycles. The lowest BCUT2D eigenvalue weighted by Crippen LogP contribution is -2.50. The summed E-state index contributed by atoms with van der Waals surface area (Å²) in [5.41, 5.74) is -1.55. The third kappa shape index (κ3) is 4.44. The Morgan fingerprint density at radius 3 is 2.62 bits per heavy atom. The van der Waals surface area contributed by atoms with Crippen LogP contribution < -0.4 is 10.2 Å². The molecule has 1 atom stereocenters. The van der Waals surface area contributed by atoms with Gasteiger partial charge in [-0.3, -0.25) is 14.3 Å². The summed E-state index contributed by atoms with van der Waals surface area (Å²) in [6.45, 7) is 1.72. The summed E-state index contributed by atoms with van der Waals surface area (Å²) in [4.78, 5) is 29.0. The van der Waals surface area contributed by atoms with Crippen molar-refractivity contribution in [1.29, 1.82) is 5.26 Å². The Morgan fingerprint density at radius 1 is 1.29 bits per heavy atom. The van der Waals surface area contributed by atoms with Crippen molar-refractivity contribution in [1.82, 2.24) is 20.0 Å². The van der Waals surface area contributed by atoms with Crippen molar-refractivity contribution in [3.63, 3.8) is 0 Å². The molecule has 2 fully saturated rings. The lowest BCUT2D eigenvalue weighted by Gasteiger charge is -2.42. The van der Waals surface area contributed by atoms with Crippen molar-refractivity contribution < 1.29 is 22.8 Å². The second kappa shape index (κ2) is 9.00. The van der Waals surface area contributed by atoms with Crippen LogP contribution in [0.15, 0.2) is 36.7 Å². The average molecular weight is 474 g/mol. The number of anilines is 1. The number of aromatic nitrogens is 2. The van der Waals surface area contributed by atoms with Crippen LogP contribution in [0.25, 0.3) is 0 Å². The van der Waals surface area contributed by atoms with Gasteiger partial charge in [0.15, 0.2) is 0 Å². The van der Waals surface area contributed by atoms with Crippen LogP contribution in [0, 0.1) is 22.7 Å². The molecule has 2 aliphatic heterocycles. The molecule has 180 valence electrons. The van der Waals surface area contributed by atoms with Crippen molar-refractivity contribution in [2.75, 3.05) is 38.1 Å². The maximum atomic E-state index is 13.5. The highest BCUT2D eigenvalue weighted by molar-refractivity contribution is 5.81. The summed E-state index contributed by atoms with van der Waals surface area (Å²) in [6, 6.07) is 7.00. The summed E-state index contributed by atoms with van der Waals surface area (Å²) in [7, 11) is 1.55. The number of piperidine rings is 1. The molecule has 34 heavy (non-hydrogen) atoms. The minimum absolute atomic E-state index is 0.0631. The quantitative estimate of drug-likeness (QED) is 0.734. The van der Waals surface area contributed by atoms with E-state index in [0.717, 1.165) is 6.07 Å². The van der Waals surface area contributed by atoms with Crippen molar-refractivity contribution >= 4 is 17.5 Å². The first-order valence-corrected chi connectivity index (χ1v) is 11.0. The molecule has 2 aromatic rings. The molecule has 1 N–H and O–H groups in total. The third-order valence-electron chi connectivity index (χ3n) is 6.97. The molecule has 0 radical (unpaired) electrons. The number of carbonyl (C=O) groups excluding carboxylic acids is 2. The van der Waals surface area contributed by atoms with Gasteiger partial charge in [-0.1, -0.05) is 0 Å². The van der Waals surface area contributed by atoms with Crippen LogP contribution in [0.5, 0.6) is 0 Å². The number of benzene rings is 1. The molecular weight excluding hydrogens is 449 g/mol. The van der Waals surface area contributed by atoms with Crippen molar-refractivity contribution in [3.05, 3.63) is 47.8 Å². The van der Waals surface area contributed by atoms with Gasteiger partial charge in [0.25, 0.3) is 0 Å². The maximum Gasteiger partial charge on any atom is 0.417 e. The molecule has 0 aliphatic carbocycles. The monoisotopic (exact) mass is 474 g/mol. The van der Waals surface area contributed by atoms with E-state index in [4.69, 9.17) is 5.26 Å². The van der Waals surface area contributed by atoms with Crippen LogP contribution in [-0.2, 0) is 22.3 Å². The lowest BCUT2D eigenvalue weighted by atomic mass is 9.70. The fourth-order valence-electron chi connectivity index (χ4n) is 5.10. The van der Waals surface area contributed by atoms with E-state index in [1.54, 1.807) is 46.1 Å². The van der Waals surface area contributed by atoms with E-state index < -0.39 is 28.6 Å². The molecule has 1 spiro atoms. The SMILES string of the molecule is CNC(=O)C1CN(c2ccc(C#N)c(C(F)(F)F)c2)CC12CCN(C(=O)Cn1cccn1)CC2. The third-order valence-corrected chi connectivity index (χ3v) is 6.97. The van der Waals surface area contributed by atoms with Gasteiger partial charge in [0.2, 0.25) is 11.8 Å². The highest BCUT2D eigenvalue weighted by atomic mass is 19.4. The minimum atomic E-state index is -4.65. The number of amides is 2. The molecule has 11 heteroatoms. The van der Waals surface area contributed by atoms with E-state index in [2.05, 4.69) is 10.4 Å². The van der Waals surface area contributed by atoms with Crippen molar-refractivity contribution in [2.24, 2.45) is 11.3 Å². The zero-order valence-electron chi connectivity index (χ0n) is 18.7. The number of likely N-dealkylation sites (tertiary alicyclic amines) is 1. The summed E-state index contributed by atoms with van der Waals surface area (Å²) in [5, 5.41) is 15.8. The van der Waals surface area contributed by atoms with Gasteiger partial charge < -0.3 is 15.1 Å². The highest BCUT2D eigenvalue weighted by Gasteiger charge is 2.51. The van der Waals surface area contributed by atoms with Crippen LogP contribution in [-0.4, -0.2) is 59.7 Å². The van der Waals surface area contributed by atoms with E-state index >= 15 is 0 Å². The highest BCUT2D eigenvalue weighted by Crippen LogP contribution is 2.47. The van der Waals surface area contributed by atoms with Gasteiger partial charge in [0, 0.05) is 56.7 Å². The molecular formula is C23H25F3N6O2. The number of halogens is 3. The Labute approximate surface area is 194 Å². The number of nitrogens with zero attached hydrogens (tertiary/aromatic N) is 5. The Morgan fingerprint density at radius 2 is 2.03 bits per heavy atom. The first kappa shape index (κ1) is 23.6. The van der Waals surface area contributed by atoms with Gasteiger partial charge in [0.05, 0.1) is 23.1 Å². The zero-order chi connectivity index (χ0) is 24.5. The molecule has 2 saturated heterocycles. The molecule has 1 aromatic heterocycles. The normalized spacial score (nSPS) is 19.8. The van der Waals surface area contributed by atoms with Gasteiger partial charge in [-0.05, 0) is 37.1 Å². The Bertz CT molecular complexity index is 1100. The average Bonchev–Trinajstić information content (AvgIpc) is 3.46. The second-order valence-corrected chi connectivity index (χ2v) is 8.83. The number of alkyl halides is 3. The molecule has 4 rings (SSSR count). The lowest BCUT2D eigenvalue weighted by molar-refractivity contribution is -0.138. The van der Waals surface area contributed by atoms with Gasteiger partial charge in [-0.25, -0.2) is 0 Å². The van der Waals surface area contributed by atoms with E-state index in [0.29, 0.717) is 38.2 Å². The number of rotatable bonds is 4. The minimum Gasteiger partial charge on any atom is -0.370 e. The summed E-state index contributed by atoms with van der Waals surface area (Å²) >= 11 is 0. The fourth-order valence-corrected chi connectivity index (χ4v) is 5.10. The van der Waals surface area contributed by atoms with Gasteiger partial charge in [-0.15, -0.1) is 0 Å². The van der Waals surface area contributed by atoms with Crippen molar-refractivity contribution in [2.45, 2.75) is 25.6 Å². The van der Waals surface area contributed by atoms with E-state index in [9.17, 15) is 22.8 Å². The molecule has 8 nitrogen and oxygen atoms in total. The van der Waals surface area contributed by atoms with Crippen LogP contribution in [0.3, 0.4) is 0 Å². The largest absolute Gasteiger partial charge is 0.417 e. The summed E-state index contributed by atoms with van der Waals surface area (Å²) in [6.07, 6.45) is -0.206. The predicted molar refractivity (Wildman–Crippen MR) is 116 cm³/mol. The molecule has 2 amide bonds. The first-order valence-electron chi connectivity index (χ1n) is 11.0.